The average Bonchev–Trinajstić information content (AvgIpc) is 2.08. The first-order chi connectivity index (χ1) is 5.57. The fourth-order valence-electron chi connectivity index (χ4n) is 0.914. The second-order valence-electron chi connectivity index (χ2n) is 2.45. The summed E-state index contributed by atoms with van der Waals surface area (Å²) >= 11 is 0. The molecule has 1 aromatic carbocycles. The van der Waals surface area contributed by atoms with Crippen molar-refractivity contribution in [2.75, 3.05) is 0 Å². The number of halogens is 3. The van der Waals surface area contributed by atoms with E-state index in [1.54, 1.807) is 0 Å². The maximum absolute atomic E-state index is 12.7. The van der Waals surface area contributed by atoms with Crippen molar-refractivity contribution >= 4 is 0 Å². The van der Waals surface area contributed by atoms with E-state index in [4.69, 9.17) is 5.11 Å². The highest BCUT2D eigenvalue weighted by molar-refractivity contribution is 5.26. The number of hydrogen-bond donors (Lipinski definition) is 1. The van der Waals surface area contributed by atoms with Crippen LogP contribution in [0.3, 0.4) is 0 Å². The maximum Gasteiger partial charge on any atom is 0.195 e. The van der Waals surface area contributed by atoms with Gasteiger partial charge in [-0.15, -0.1) is 0 Å². The summed E-state index contributed by atoms with van der Waals surface area (Å²) in [5.41, 5.74) is -0.246. The molecule has 0 spiro atoms. The molecule has 0 amide bonds. The molecule has 0 saturated heterocycles. The SMILES string of the molecule is Cc1cc(CO)c(F)c(F)c1F. The van der Waals surface area contributed by atoms with Gasteiger partial charge in [0.1, 0.15) is 0 Å². The van der Waals surface area contributed by atoms with Crippen molar-refractivity contribution in [1.82, 2.24) is 0 Å². The summed E-state index contributed by atoms with van der Waals surface area (Å²) in [6, 6.07) is 1.08. The number of hydrogen-bond acceptors (Lipinski definition) is 1. The zero-order chi connectivity index (χ0) is 9.30. The Bertz CT molecular complexity index is 310. The predicted octanol–water partition coefficient (Wildman–Crippen LogP) is 1.90. The van der Waals surface area contributed by atoms with E-state index in [1.807, 2.05) is 0 Å². The highest BCUT2D eigenvalue weighted by Crippen LogP contribution is 2.18. The van der Waals surface area contributed by atoms with E-state index in [1.165, 1.54) is 6.92 Å². The van der Waals surface area contributed by atoms with Crippen molar-refractivity contribution in [3.63, 3.8) is 0 Å². The lowest BCUT2D eigenvalue weighted by molar-refractivity contribution is 0.272. The monoisotopic (exact) mass is 176 g/mol. The van der Waals surface area contributed by atoms with Crippen LogP contribution in [-0.2, 0) is 6.61 Å². The minimum Gasteiger partial charge on any atom is -0.392 e. The Morgan fingerprint density at radius 3 is 2.25 bits per heavy atom. The van der Waals surface area contributed by atoms with E-state index in [0.717, 1.165) is 6.07 Å². The van der Waals surface area contributed by atoms with Gasteiger partial charge in [-0.2, -0.15) is 0 Å². The maximum atomic E-state index is 12.7. The van der Waals surface area contributed by atoms with E-state index >= 15 is 0 Å². The molecule has 0 atom stereocenters. The second-order valence-corrected chi connectivity index (χ2v) is 2.45. The normalized spacial score (nSPS) is 10.4. The van der Waals surface area contributed by atoms with Crippen LogP contribution in [-0.4, -0.2) is 5.11 Å². The quantitative estimate of drug-likeness (QED) is 0.648. The van der Waals surface area contributed by atoms with Crippen LogP contribution in [0.1, 0.15) is 11.1 Å². The Kier molecular flexibility index (Phi) is 2.38. The molecule has 0 fully saturated rings. The van der Waals surface area contributed by atoms with E-state index in [9.17, 15) is 13.2 Å². The van der Waals surface area contributed by atoms with Gasteiger partial charge in [-0.25, -0.2) is 13.2 Å². The first kappa shape index (κ1) is 9.06. The number of aliphatic hydroxyl groups excluding tert-OH is 1. The zero-order valence-corrected chi connectivity index (χ0v) is 6.37. The molecular weight excluding hydrogens is 169 g/mol. The van der Waals surface area contributed by atoms with E-state index in [2.05, 4.69) is 0 Å². The average molecular weight is 176 g/mol. The third kappa shape index (κ3) is 1.30. The van der Waals surface area contributed by atoms with E-state index in [-0.39, 0.29) is 11.1 Å². The number of aliphatic hydroxyl groups is 1. The van der Waals surface area contributed by atoms with Crippen LogP contribution in [0.15, 0.2) is 6.07 Å². The predicted molar refractivity (Wildman–Crippen MR) is 37.0 cm³/mol. The van der Waals surface area contributed by atoms with Crippen molar-refractivity contribution < 1.29 is 18.3 Å². The van der Waals surface area contributed by atoms with Crippen LogP contribution in [0.2, 0.25) is 0 Å². The lowest BCUT2D eigenvalue weighted by atomic mass is 10.1. The van der Waals surface area contributed by atoms with Gasteiger partial charge in [0.25, 0.3) is 0 Å². The molecule has 1 N–H and O–H groups in total. The molecule has 0 heterocycles. The van der Waals surface area contributed by atoms with Crippen molar-refractivity contribution in [1.29, 1.82) is 0 Å². The molecule has 1 nitrogen and oxygen atoms in total. The van der Waals surface area contributed by atoms with Gasteiger partial charge in [0.2, 0.25) is 0 Å². The largest absolute Gasteiger partial charge is 0.392 e. The molecule has 4 heteroatoms. The van der Waals surface area contributed by atoms with Gasteiger partial charge in [0.05, 0.1) is 6.61 Å². The molecule has 0 unspecified atom stereocenters. The number of aryl methyl sites for hydroxylation is 1. The molecule has 0 aliphatic rings. The molecule has 0 saturated carbocycles. The molecule has 1 aromatic rings. The highest BCUT2D eigenvalue weighted by Gasteiger charge is 2.15. The summed E-state index contributed by atoms with van der Waals surface area (Å²) < 4.78 is 37.9. The summed E-state index contributed by atoms with van der Waals surface area (Å²) in [7, 11) is 0. The topological polar surface area (TPSA) is 20.2 Å². The summed E-state index contributed by atoms with van der Waals surface area (Å²) in [6.07, 6.45) is 0. The minimum atomic E-state index is -1.53. The van der Waals surface area contributed by atoms with Crippen molar-refractivity contribution in [3.8, 4) is 0 Å². The van der Waals surface area contributed by atoms with Gasteiger partial charge in [-0.3, -0.25) is 0 Å². The van der Waals surface area contributed by atoms with Crippen LogP contribution in [0.4, 0.5) is 13.2 Å². The standard InChI is InChI=1S/C8H7F3O/c1-4-2-5(3-12)7(10)8(11)6(4)9/h2,12H,3H2,1H3. The molecule has 12 heavy (non-hydrogen) atoms. The number of benzene rings is 1. The number of rotatable bonds is 1. The first-order valence-corrected chi connectivity index (χ1v) is 3.31. The Labute approximate surface area is 67.5 Å². The van der Waals surface area contributed by atoms with Gasteiger partial charge in [0.15, 0.2) is 17.5 Å². The van der Waals surface area contributed by atoms with Gasteiger partial charge in [0, 0.05) is 5.56 Å². The van der Waals surface area contributed by atoms with Crippen molar-refractivity contribution in [2.45, 2.75) is 13.5 Å². The summed E-state index contributed by atoms with van der Waals surface area (Å²) in [4.78, 5) is 0. The van der Waals surface area contributed by atoms with Crippen LogP contribution in [0.25, 0.3) is 0 Å². The molecular formula is C8H7F3O. The summed E-state index contributed by atoms with van der Waals surface area (Å²) in [6.45, 7) is 0.668. The van der Waals surface area contributed by atoms with Crippen LogP contribution in [0, 0.1) is 24.4 Å². The van der Waals surface area contributed by atoms with Crippen molar-refractivity contribution in [3.05, 3.63) is 34.6 Å². The molecule has 0 radical (unpaired) electrons. The first-order valence-electron chi connectivity index (χ1n) is 3.31. The summed E-state index contributed by atoms with van der Waals surface area (Å²) in [5.74, 6) is -4.05. The summed E-state index contributed by atoms with van der Waals surface area (Å²) in [5, 5.41) is 8.53. The Balaban J connectivity index is 3.39. The molecule has 0 aliphatic heterocycles. The molecule has 0 bridgehead atoms. The second kappa shape index (κ2) is 3.15. The minimum absolute atomic E-state index is 0.0158. The highest BCUT2D eigenvalue weighted by atomic mass is 19.2. The van der Waals surface area contributed by atoms with Gasteiger partial charge in [-0.05, 0) is 18.6 Å². The third-order valence-electron chi connectivity index (χ3n) is 1.57. The van der Waals surface area contributed by atoms with Crippen LogP contribution in [0.5, 0.6) is 0 Å². The Hall–Kier alpha value is -1.03. The molecule has 66 valence electrons. The lowest BCUT2D eigenvalue weighted by Gasteiger charge is -2.03. The van der Waals surface area contributed by atoms with E-state index in [0.29, 0.717) is 0 Å². The Morgan fingerprint density at radius 1 is 1.17 bits per heavy atom. The smallest absolute Gasteiger partial charge is 0.195 e. The van der Waals surface area contributed by atoms with Crippen molar-refractivity contribution in [2.24, 2.45) is 0 Å². The Morgan fingerprint density at radius 2 is 1.75 bits per heavy atom. The van der Waals surface area contributed by atoms with Gasteiger partial charge >= 0.3 is 0 Å². The zero-order valence-electron chi connectivity index (χ0n) is 6.37. The molecule has 1 rings (SSSR count). The molecule has 0 aromatic heterocycles. The fourth-order valence-corrected chi connectivity index (χ4v) is 0.914. The van der Waals surface area contributed by atoms with Crippen LogP contribution < -0.4 is 0 Å². The van der Waals surface area contributed by atoms with Gasteiger partial charge in [-0.1, -0.05) is 0 Å². The van der Waals surface area contributed by atoms with Crippen LogP contribution >= 0.6 is 0 Å². The fraction of sp³-hybridized carbons (Fsp3) is 0.250. The third-order valence-corrected chi connectivity index (χ3v) is 1.57. The molecule has 0 aliphatic carbocycles. The lowest BCUT2D eigenvalue weighted by Crippen LogP contribution is -2.00. The van der Waals surface area contributed by atoms with Gasteiger partial charge < -0.3 is 5.11 Å². The van der Waals surface area contributed by atoms with E-state index < -0.39 is 24.1 Å².